The van der Waals surface area contributed by atoms with Crippen molar-refractivity contribution in [3.05, 3.63) is 28.8 Å². The summed E-state index contributed by atoms with van der Waals surface area (Å²) < 4.78 is 0.930. The SMILES string of the molecule is Cc1nnc(Sc2ccc(NC(=O)C3CCCC(N)C3)c(C)c2)s1. The molecule has 7 heteroatoms. The zero-order valence-electron chi connectivity index (χ0n) is 13.9. The molecule has 0 saturated heterocycles. The van der Waals surface area contributed by atoms with Gasteiger partial charge in [-0.15, -0.1) is 10.2 Å². The van der Waals surface area contributed by atoms with Crippen molar-refractivity contribution in [1.29, 1.82) is 0 Å². The minimum Gasteiger partial charge on any atom is -0.328 e. The normalized spacial score (nSPS) is 20.8. The Balaban J connectivity index is 1.65. The van der Waals surface area contributed by atoms with Gasteiger partial charge in [-0.2, -0.15) is 0 Å². The van der Waals surface area contributed by atoms with E-state index in [1.807, 2.05) is 26.0 Å². The van der Waals surface area contributed by atoms with Gasteiger partial charge in [-0.1, -0.05) is 29.5 Å². The van der Waals surface area contributed by atoms with Gasteiger partial charge >= 0.3 is 0 Å². The first-order valence-corrected chi connectivity index (χ1v) is 9.79. The summed E-state index contributed by atoms with van der Waals surface area (Å²) in [6.45, 7) is 3.96. The van der Waals surface area contributed by atoms with Crippen LogP contribution >= 0.6 is 23.1 Å². The first-order chi connectivity index (χ1) is 11.5. The second-order valence-electron chi connectivity index (χ2n) is 6.28. The molecular formula is C17H22N4OS2. The van der Waals surface area contributed by atoms with Gasteiger partial charge in [0.05, 0.1) is 0 Å². The largest absolute Gasteiger partial charge is 0.328 e. The van der Waals surface area contributed by atoms with E-state index in [-0.39, 0.29) is 17.9 Å². The van der Waals surface area contributed by atoms with Crippen LogP contribution < -0.4 is 11.1 Å². The van der Waals surface area contributed by atoms with Crippen molar-refractivity contribution in [2.75, 3.05) is 5.32 Å². The van der Waals surface area contributed by atoms with Gasteiger partial charge in [-0.3, -0.25) is 4.79 Å². The number of nitrogens with two attached hydrogens (primary N) is 1. The lowest BCUT2D eigenvalue weighted by molar-refractivity contribution is -0.120. The number of hydrogen-bond acceptors (Lipinski definition) is 6. The van der Waals surface area contributed by atoms with Crippen LogP contribution in [0, 0.1) is 19.8 Å². The summed E-state index contributed by atoms with van der Waals surface area (Å²) in [4.78, 5) is 13.6. The molecule has 1 aromatic heterocycles. The molecule has 1 aliphatic carbocycles. The predicted molar refractivity (Wildman–Crippen MR) is 98.5 cm³/mol. The summed E-state index contributed by atoms with van der Waals surface area (Å²) >= 11 is 3.18. The van der Waals surface area contributed by atoms with Crippen molar-refractivity contribution in [3.8, 4) is 0 Å². The number of carbonyl (C=O) groups is 1. The number of aromatic nitrogens is 2. The van der Waals surface area contributed by atoms with Crippen LogP contribution in [0.2, 0.25) is 0 Å². The van der Waals surface area contributed by atoms with Crippen LogP contribution in [0.3, 0.4) is 0 Å². The van der Waals surface area contributed by atoms with Crippen molar-refractivity contribution in [2.45, 2.75) is 54.8 Å². The summed E-state index contributed by atoms with van der Waals surface area (Å²) in [5, 5.41) is 12.2. The Labute approximate surface area is 150 Å². The summed E-state index contributed by atoms with van der Waals surface area (Å²) in [7, 11) is 0. The van der Waals surface area contributed by atoms with Crippen LogP contribution in [0.1, 0.15) is 36.3 Å². The Bertz CT molecular complexity index is 731. The second kappa shape index (κ2) is 7.63. The van der Waals surface area contributed by atoms with E-state index in [9.17, 15) is 4.79 Å². The molecular weight excluding hydrogens is 340 g/mol. The number of carbonyl (C=O) groups excluding carboxylic acids is 1. The van der Waals surface area contributed by atoms with E-state index in [1.54, 1.807) is 23.1 Å². The number of anilines is 1. The molecule has 1 heterocycles. The average molecular weight is 363 g/mol. The van der Waals surface area contributed by atoms with Crippen LogP contribution in [0.25, 0.3) is 0 Å². The molecule has 2 aromatic rings. The molecule has 128 valence electrons. The lowest BCUT2D eigenvalue weighted by Gasteiger charge is -2.26. The van der Waals surface area contributed by atoms with E-state index >= 15 is 0 Å². The molecule has 1 amide bonds. The number of hydrogen-bond donors (Lipinski definition) is 2. The number of benzene rings is 1. The highest BCUT2D eigenvalue weighted by Crippen LogP contribution is 2.32. The lowest BCUT2D eigenvalue weighted by atomic mass is 9.85. The minimum atomic E-state index is 0.0339. The molecule has 1 saturated carbocycles. The van der Waals surface area contributed by atoms with Crippen LogP contribution in [-0.2, 0) is 4.79 Å². The maximum absolute atomic E-state index is 12.5. The fraction of sp³-hybridized carbons (Fsp3) is 0.471. The topological polar surface area (TPSA) is 80.9 Å². The predicted octanol–water partition coefficient (Wildman–Crippen LogP) is 3.76. The van der Waals surface area contributed by atoms with Crippen LogP contribution in [0.4, 0.5) is 5.69 Å². The Morgan fingerprint density at radius 1 is 1.33 bits per heavy atom. The molecule has 3 rings (SSSR count). The first-order valence-electron chi connectivity index (χ1n) is 8.16. The molecule has 0 bridgehead atoms. The van der Waals surface area contributed by atoms with Crippen LogP contribution in [0.15, 0.2) is 27.4 Å². The fourth-order valence-corrected chi connectivity index (χ4v) is 4.85. The zero-order valence-corrected chi connectivity index (χ0v) is 15.5. The quantitative estimate of drug-likeness (QED) is 0.865. The lowest BCUT2D eigenvalue weighted by Crippen LogP contribution is -2.34. The van der Waals surface area contributed by atoms with Gasteiger partial charge < -0.3 is 11.1 Å². The van der Waals surface area contributed by atoms with Gasteiger partial charge in [0.1, 0.15) is 5.01 Å². The van der Waals surface area contributed by atoms with Gasteiger partial charge in [0.25, 0.3) is 0 Å². The van der Waals surface area contributed by atoms with Crippen LogP contribution in [-0.4, -0.2) is 22.1 Å². The minimum absolute atomic E-state index is 0.0339. The van der Waals surface area contributed by atoms with Crippen molar-refractivity contribution < 1.29 is 4.79 Å². The molecule has 1 aliphatic rings. The molecule has 3 N–H and O–H groups in total. The average Bonchev–Trinajstić information content (AvgIpc) is 2.95. The zero-order chi connectivity index (χ0) is 17.1. The maximum Gasteiger partial charge on any atom is 0.227 e. The third-order valence-electron chi connectivity index (χ3n) is 4.25. The number of aryl methyl sites for hydroxylation is 2. The van der Waals surface area contributed by atoms with Crippen molar-refractivity contribution in [1.82, 2.24) is 10.2 Å². The summed E-state index contributed by atoms with van der Waals surface area (Å²) in [6.07, 6.45) is 3.78. The number of amides is 1. The molecule has 5 nitrogen and oxygen atoms in total. The fourth-order valence-electron chi connectivity index (χ4n) is 2.96. The highest BCUT2D eigenvalue weighted by Gasteiger charge is 2.25. The summed E-state index contributed by atoms with van der Waals surface area (Å²) in [6, 6.07) is 6.21. The van der Waals surface area contributed by atoms with Gasteiger partial charge in [0.2, 0.25) is 5.91 Å². The molecule has 2 atom stereocenters. The molecule has 0 radical (unpaired) electrons. The second-order valence-corrected chi connectivity index (χ2v) is 8.78. The third-order valence-corrected chi connectivity index (χ3v) is 6.13. The Morgan fingerprint density at radius 2 is 2.17 bits per heavy atom. The molecule has 1 aromatic carbocycles. The number of rotatable bonds is 4. The molecule has 0 aliphatic heterocycles. The molecule has 2 unspecified atom stereocenters. The van der Waals surface area contributed by atoms with Gasteiger partial charge in [-0.25, -0.2) is 0 Å². The van der Waals surface area contributed by atoms with Crippen molar-refractivity contribution in [3.63, 3.8) is 0 Å². The molecule has 24 heavy (non-hydrogen) atoms. The standard InChI is InChI=1S/C17H22N4OS2/c1-10-8-14(24-17-21-20-11(2)23-17)6-7-15(10)19-16(22)12-4-3-5-13(18)9-12/h6-8,12-13H,3-5,9,18H2,1-2H3,(H,19,22). The van der Waals surface area contributed by atoms with Crippen molar-refractivity contribution >= 4 is 34.7 Å². The third kappa shape index (κ3) is 4.34. The monoisotopic (exact) mass is 362 g/mol. The van der Waals surface area contributed by atoms with Gasteiger partial charge in [0, 0.05) is 22.5 Å². The van der Waals surface area contributed by atoms with Crippen LogP contribution in [0.5, 0.6) is 0 Å². The number of nitrogens with one attached hydrogen (secondary N) is 1. The Kier molecular flexibility index (Phi) is 5.53. The van der Waals surface area contributed by atoms with E-state index in [0.717, 1.165) is 51.2 Å². The smallest absolute Gasteiger partial charge is 0.227 e. The summed E-state index contributed by atoms with van der Waals surface area (Å²) in [5.41, 5.74) is 7.91. The van der Waals surface area contributed by atoms with Gasteiger partial charge in [-0.05, 0) is 56.9 Å². The van der Waals surface area contributed by atoms with E-state index in [2.05, 4.69) is 21.6 Å². The Hall–Kier alpha value is -1.44. The maximum atomic E-state index is 12.5. The summed E-state index contributed by atoms with van der Waals surface area (Å²) in [5.74, 6) is 0.125. The van der Waals surface area contributed by atoms with E-state index < -0.39 is 0 Å². The highest BCUT2D eigenvalue weighted by molar-refractivity contribution is 8.01. The molecule has 1 fully saturated rings. The highest BCUT2D eigenvalue weighted by atomic mass is 32.2. The first kappa shape index (κ1) is 17.4. The van der Waals surface area contributed by atoms with E-state index in [4.69, 9.17) is 5.73 Å². The van der Waals surface area contributed by atoms with Gasteiger partial charge in [0.15, 0.2) is 4.34 Å². The molecule has 0 spiro atoms. The Morgan fingerprint density at radius 3 is 2.83 bits per heavy atom. The van der Waals surface area contributed by atoms with E-state index in [0.29, 0.717) is 0 Å². The number of nitrogens with zero attached hydrogens (tertiary/aromatic N) is 2. The van der Waals surface area contributed by atoms with E-state index in [1.165, 1.54) is 0 Å². The van der Waals surface area contributed by atoms with Crippen molar-refractivity contribution in [2.24, 2.45) is 11.7 Å².